The highest BCUT2D eigenvalue weighted by Crippen LogP contribution is 2.44. The van der Waals surface area contributed by atoms with Crippen molar-refractivity contribution >= 4 is 72.7 Å². The van der Waals surface area contributed by atoms with Crippen LogP contribution in [0.5, 0.6) is 0 Å². The molecule has 0 saturated heterocycles. The van der Waals surface area contributed by atoms with Gasteiger partial charge in [-0.05, 0) is 123 Å². The van der Waals surface area contributed by atoms with E-state index in [0.717, 1.165) is 110 Å². The Kier molecular flexibility index (Phi) is 17.4. The van der Waals surface area contributed by atoms with Crippen LogP contribution >= 0.6 is 23.5 Å². The van der Waals surface area contributed by atoms with Gasteiger partial charge in [0.1, 0.15) is 11.3 Å². The van der Waals surface area contributed by atoms with E-state index in [-0.39, 0.29) is 15.7 Å². The lowest BCUT2D eigenvalue weighted by Crippen LogP contribution is -2.30. The van der Waals surface area contributed by atoms with Crippen LogP contribution in [0.1, 0.15) is 61.8 Å². The molecule has 1 N–H and O–H groups in total. The number of nitrogens with zero attached hydrogens (tertiary/aromatic N) is 2. The minimum absolute atomic E-state index is 0.212. The second kappa shape index (κ2) is 23.8. The molecular formula is C59H63N3O5S4. The summed E-state index contributed by atoms with van der Waals surface area (Å²) < 4.78 is 66.0. The monoisotopic (exact) mass is 1020 g/mol. The van der Waals surface area contributed by atoms with Crippen LogP contribution in [-0.4, -0.2) is 48.3 Å². The summed E-state index contributed by atoms with van der Waals surface area (Å²) in [6.45, 7) is 14.2. The van der Waals surface area contributed by atoms with Crippen LogP contribution in [0.25, 0.3) is 33.4 Å². The van der Waals surface area contributed by atoms with Crippen LogP contribution in [0.3, 0.4) is 0 Å². The Morgan fingerprint density at radius 2 is 1.37 bits per heavy atom. The fourth-order valence-electron chi connectivity index (χ4n) is 9.60. The summed E-state index contributed by atoms with van der Waals surface area (Å²) in [5.74, 6) is 2.39. The van der Waals surface area contributed by atoms with Crippen LogP contribution < -0.4 is 19.6 Å². The Morgan fingerprint density at radius 1 is 0.718 bits per heavy atom. The number of fused-ring (bicyclic) bond motifs is 2. The van der Waals surface area contributed by atoms with Crippen LogP contribution in [0.2, 0.25) is 0 Å². The lowest BCUT2D eigenvalue weighted by Gasteiger charge is -2.29. The first-order valence-electron chi connectivity index (χ1n) is 24.5. The largest absolute Gasteiger partial charge is 0.768 e. The highest BCUT2D eigenvalue weighted by Gasteiger charge is 2.28. The molecule has 0 radical (unpaired) electrons. The van der Waals surface area contributed by atoms with E-state index in [1.54, 1.807) is 36.0 Å². The molecule has 1 heterocycles. The second-order valence-electron chi connectivity index (χ2n) is 18.1. The third kappa shape index (κ3) is 12.2. The van der Waals surface area contributed by atoms with Gasteiger partial charge in [-0.3, -0.25) is 4.21 Å². The van der Waals surface area contributed by atoms with Gasteiger partial charge < -0.3 is 13.9 Å². The molecule has 1 aliphatic heterocycles. The maximum absolute atomic E-state index is 14.6. The van der Waals surface area contributed by atoms with Gasteiger partial charge >= 0.3 is 0 Å². The summed E-state index contributed by atoms with van der Waals surface area (Å²) >= 11 is 1.18. The molecule has 2 atom stereocenters. The average molecular weight is 1020 g/mol. The molecule has 368 valence electrons. The molecule has 1 aliphatic carbocycles. The summed E-state index contributed by atoms with van der Waals surface area (Å²) in [7, 11) is -3.96. The number of hydrogen-bond acceptors (Lipinski definition) is 8. The number of anilines is 2. The van der Waals surface area contributed by atoms with E-state index < -0.39 is 21.1 Å². The van der Waals surface area contributed by atoms with Crippen molar-refractivity contribution in [1.29, 1.82) is 0 Å². The van der Waals surface area contributed by atoms with Crippen molar-refractivity contribution in [3.63, 3.8) is 0 Å². The minimum atomic E-state index is -3.96. The van der Waals surface area contributed by atoms with Crippen molar-refractivity contribution in [3.8, 4) is 22.5 Å². The van der Waals surface area contributed by atoms with Gasteiger partial charge in [0.15, 0.2) is 6.54 Å². The maximum Gasteiger partial charge on any atom is 0.241 e. The van der Waals surface area contributed by atoms with E-state index in [9.17, 15) is 17.2 Å². The summed E-state index contributed by atoms with van der Waals surface area (Å²) in [5, 5.41) is 1.64. The fraction of sp³-hybridized carbons (Fsp3) is 0.271. The molecule has 8 nitrogen and oxygen atoms in total. The molecule has 0 bridgehead atoms. The highest BCUT2D eigenvalue weighted by atomic mass is 32.2. The molecule has 6 aromatic carbocycles. The van der Waals surface area contributed by atoms with Gasteiger partial charge in [0, 0.05) is 90.2 Å². The zero-order valence-corrected chi connectivity index (χ0v) is 44.7. The third-order valence-electron chi connectivity index (χ3n) is 13.2. The van der Waals surface area contributed by atoms with E-state index in [2.05, 4.69) is 121 Å². The predicted molar refractivity (Wildman–Crippen MR) is 297 cm³/mol. The average Bonchev–Trinajstić information content (AvgIpc) is 3.37. The van der Waals surface area contributed by atoms with Gasteiger partial charge in [-0.15, -0.1) is 23.5 Å². The standard InChI is InChI=1S/C59H63N3O5S4/c1-7-9-21-45(8-2)40-60-71(65,66)56-27-17-16-26-53(56)57-51-30-28-46(61(58-41(3)19-18-20-42(58)4)32-34-68-48-22-12-10-13-23-48)38-54(51)67-55-39-47(29-31-52(55)57)62(33-35-69-49-24-14-11-15-25-49)59-43(5)36-50(70(63)64)37-44(59)6/h10-20,22-31,36-39,45,60H,7-9,21,32-35,40H2,1-6H3. The van der Waals surface area contributed by atoms with E-state index in [1.165, 1.54) is 4.90 Å². The summed E-state index contributed by atoms with van der Waals surface area (Å²) in [4.78, 5) is 5.19. The van der Waals surface area contributed by atoms with Crippen LogP contribution in [-0.2, 0) is 21.1 Å². The molecule has 0 fully saturated rings. The van der Waals surface area contributed by atoms with E-state index in [4.69, 9.17) is 4.42 Å². The lowest BCUT2D eigenvalue weighted by atomic mass is 9.93. The molecule has 12 heteroatoms. The quantitative estimate of drug-likeness (QED) is 0.0328. The van der Waals surface area contributed by atoms with Gasteiger partial charge in [-0.1, -0.05) is 106 Å². The van der Waals surface area contributed by atoms with Crippen LogP contribution in [0.15, 0.2) is 176 Å². The van der Waals surface area contributed by atoms with Crippen LogP contribution in [0, 0.1) is 33.6 Å². The van der Waals surface area contributed by atoms with E-state index in [0.29, 0.717) is 30.0 Å². The molecule has 8 rings (SSSR count). The molecular weight excluding hydrogens is 959 g/mol. The Balaban J connectivity index is 1.35. The van der Waals surface area contributed by atoms with Crippen molar-refractivity contribution in [2.45, 2.75) is 86.8 Å². The lowest BCUT2D eigenvalue weighted by molar-refractivity contribution is 0.444. The van der Waals surface area contributed by atoms with Gasteiger partial charge in [0.2, 0.25) is 21.1 Å². The smallest absolute Gasteiger partial charge is 0.241 e. The summed E-state index contributed by atoms with van der Waals surface area (Å²) in [6.07, 6.45) is 3.96. The molecule has 2 unspecified atom stereocenters. The van der Waals surface area contributed by atoms with Gasteiger partial charge in [0.25, 0.3) is 0 Å². The van der Waals surface area contributed by atoms with Crippen molar-refractivity contribution in [2.75, 3.05) is 36.0 Å². The Hall–Kier alpha value is -5.47. The van der Waals surface area contributed by atoms with Gasteiger partial charge in [-0.2, -0.15) is 4.58 Å². The first-order valence-corrected chi connectivity index (χ1v) is 29.0. The summed E-state index contributed by atoms with van der Waals surface area (Å²) in [6, 6.07) is 50.4. The van der Waals surface area contributed by atoms with Crippen molar-refractivity contribution in [3.05, 3.63) is 179 Å². The third-order valence-corrected chi connectivity index (χ3v) is 17.2. The Morgan fingerprint density at radius 3 is 2.01 bits per heavy atom. The zero-order valence-electron chi connectivity index (χ0n) is 41.4. The van der Waals surface area contributed by atoms with Crippen molar-refractivity contribution in [2.24, 2.45) is 5.92 Å². The summed E-state index contributed by atoms with van der Waals surface area (Å²) in [5.41, 5.74) is 9.72. The number of rotatable bonds is 21. The second-order valence-corrected chi connectivity index (χ2v) is 23.1. The molecule has 6 aromatic rings. The highest BCUT2D eigenvalue weighted by molar-refractivity contribution is 7.99. The number of para-hydroxylation sites is 1. The number of hydrogen-bond donors (Lipinski definition) is 1. The first kappa shape index (κ1) is 51.9. The number of nitrogens with one attached hydrogen (secondary N) is 1. The number of benzene rings is 7. The number of aryl methyl sites for hydroxylation is 4. The van der Waals surface area contributed by atoms with Gasteiger partial charge in [-0.25, -0.2) is 13.1 Å². The van der Waals surface area contributed by atoms with Crippen molar-refractivity contribution < 1.29 is 21.6 Å². The fourth-order valence-corrected chi connectivity index (χ4v) is 13.2. The van der Waals surface area contributed by atoms with Crippen LogP contribution in [0.4, 0.5) is 17.1 Å². The zero-order chi connectivity index (χ0) is 50.1. The Bertz CT molecular complexity index is 3260. The molecule has 0 spiro atoms. The Labute approximate surface area is 431 Å². The number of thioether (sulfide) groups is 2. The molecule has 0 saturated carbocycles. The predicted octanol–water partition coefficient (Wildman–Crippen LogP) is 14.0. The number of sulfonamides is 1. The normalized spacial score (nSPS) is 13.1. The SMILES string of the molecule is CCCCC(CC)CNS(=O)(=O)c1ccccc1-c1c2ccc(=[N+](CCSc3ccccc3)c3c(C)cc(S(=O)[O-])cc3C)cc-2oc2cc(N(CCSc3ccccc3)c3c(C)cccc3C)ccc12. The van der Waals surface area contributed by atoms with E-state index >= 15 is 0 Å². The first-order chi connectivity index (χ1) is 34.4. The van der Waals surface area contributed by atoms with E-state index in [1.807, 2.05) is 74.1 Å². The topological polar surface area (TPSA) is 106 Å². The van der Waals surface area contributed by atoms with Crippen molar-refractivity contribution in [1.82, 2.24) is 9.30 Å². The molecule has 0 amide bonds. The minimum Gasteiger partial charge on any atom is -0.768 e. The van der Waals surface area contributed by atoms with Gasteiger partial charge in [0.05, 0.1) is 16.7 Å². The molecule has 71 heavy (non-hydrogen) atoms. The molecule has 0 aromatic heterocycles. The maximum atomic E-state index is 14.6. The molecule has 2 aliphatic rings. The number of unbranched alkanes of at least 4 members (excludes halogenated alkanes) is 1.